The highest BCUT2D eigenvalue weighted by Crippen LogP contribution is 2.37. The minimum absolute atomic E-state index is 0.0778. The first-order valence-corrected chi connectivity index (χ1v) is 9.40. The van der Waals surface area contributed by atoms with Crippen LogP contribution in [0.15, 0.2) is 57.8 Å². The lowest BCUT2D eigenvalue weighted by atomic mass is 10.0. The highest BCUT2D eigenvalue weighted by atomic mass is 16.5. The third-order valence-corrected chi connectivity index (χ3v) is 4.46. The molecule has 10 nitrogen and oxygen atoms in total. The van der Waals surface area contributed by atoms with E-state index in [1.54, 1.807) is 38.1 Å². The molecule has 0 radical (unpaired) electrons. The number of benzene rings is 2. The van der Waals surface area contributed by atoms with Crippen LogP contribution in [0.3, 0.4) is 0 Å². The number of rotatable bonds is 7. The maximum Gasteiger partial charge on any atom is 0.335 e. The standard InChI is InChI=1S/C21H20N4O6/c1-3-31-17(26)11-25-20(28)18(12(2)24-25)23-22-16-9-5-8-15(19(16)27)13-6-4-7-14(10-13)21(29)30/h4-10,18,27H,3,11H2,1-2H3,(H,29,30). The van der Waals surface area contributed by atoms with Gasteiger partial charge in [-0.15, -0.1) is 0 Å². The molecule has 2 aromatic rings. The van der Waals surface area contributed by atoms with Crippen LogP contribution in [0.25, 0.3) is 11.1 Å². The Labute approximate surface area is 177 Å². The Morgan fingerprint density at radius 1 is 1.23 bits per heavy atom. The second-order valence-corrected chi connectivity index (χ2v) is 6.62. The third kappa shape index (κ3) is 4.74. The molecular weight excluding hydrogens is 404 g/mol. The largest absolute Gasteiger partial charge is 0.505 e. The number of hydrazone groups is 1. The highest BCUT2D eigenvalue weighted by Gasteiger charge is 2.35. The van der Waals surface area contributed by atoms with E-state index < -0.39 is 23.9 Å². The number of nitrogens with zero attached hydrogens (tertiary/aromatic N) is 4. The zero-order valence-electron chi connectivity index (χ0n) is 16.8. The van der Waals surface area contributed by atoms with Gasteiger partial charge < -0.3 is 14.9 Å². The summed E-state index contributed by atoms with van der Waals surface area (Å²) < 4.78 is 4.82. The second kappa shape index (κ2) is 9.16. The minimum atomic E-state index is -1.08. The van der Waals surface area contributed by atoms with Gasteiger partial charge in [0.2, 0.25) is 0 Å². The average Bonchev–Trinajstić information content (AvgIpc) is 3.00. The number of carbonyl (C=O) groups is 3. The Hall–Kier alpha value is -4.08. The molecule has 1 amide bonds. The van der Waals surface area contributed by atoms with Crippen LogP contribution in [0.2, 0.25) is 0 Å². The van der Waals surface area contributed by atoms with Gasteiger partial charge in [0.05, 0.1) is 17.9 Å². The molecule has 1 unspecified atom stereocenters. The van der Waals surface area contributed by atoms with Gasteiger partial charge in [0, 0.05) is 5.56 Å². The van der Waals surface area contributed by atoms with Gasteiger partial charge in [-0.2, -0.15) is 15.3 Å². The Morgan fingerprint density at radius 3 is 2.68 bits per heavy atom. The van der Waals surface area contributed by atoms with Crippen LogP contribution in [0.4, 0.5) is 5.69 Å². The van der Waals surface area contributed by atoms with Crippen LogP contribution in [-0.4, -0.2) is 58.0 Å². The molecule has 160 valence electrons. The van der Waals surface area contributed by atoms with Gasteiger partial charge in [0.25, 0.3) is 5.91 Å². The van der Waals surface area contributed by atoms with E-state index in [1.165, 1.54) is 18.2 Å². The molecule has 10 heteroatoms. The molecular formula is C21H20N4O6. The van der Waals surface area contributed by atoms with Crippen molar-refractivity contribution in [3.05, 3.63) is 48.0 Å². The smallest absolute Gasteiger partial charge is 0.335 e. The molecule has 0 fully saturated rings. The van der Waals surface area contributed by atoms with Gasteiger partial charge in [-0.1, -0.05) is 24.3 Å². The summed E-state index contributed by atoms with van der Waals surface area (Å²) in [6, 6.07) is 9.84. The average molecular weight is 424 g/mol. The van der Waals surface area contributed by atoms with E-state index in [1.807, 2.05) is 0 Å². The molecule has 1 aliphatic rings. The Balaban J connectivity index is 1.82. The van der Waals surface area contributed by atoms with Crippen LogP contribution in [0.1, 0.15) is 24.2 Å². The summed E-state index contributed by atoms with van der Waals surface area (Å²) in [7, 11) is 0. The summed E-state index contributed by atoms with van der Waals surface area (Å²) in [5.74, 6) is -2.41. The van der Waals surface area contributed by atoms with E-state index in [0.717, 1.165) is 5.01 Å². The molecule has 0 spiro atoms. The number of hydrogen-bond acceptors (Lipinski definition) is 8. The van der Waals surface area contributed by atoms with E-state index in [2.05, 4.69) is 15.3 Å². The third-order valence-electron chi connectivity index (χ3n) is 4.46. The van der Waals surface area contributed by atoms with Crippen LogP contribution < -0.4 is 0 Å². The SMILES string of the molecule is CCOC(=O)CN1N=C(C)C(N=Nc2cccc(-c3cccc(C(=O)O)c3)c2O)C1=O. The predicted octanol–water partition coefficient (Wildman–Crippen LogP) is 2.99. The molecule has 0 saturated carbocycles. The van der Waals surface area contributed by atoms with Crippen molar-refractivity contribution in [3.8, 4) is 16.9 Å². The van der Waals surface area contributed by atoms with Crippen molar-refractivity contribution in [2.45, 2.75) is 19.9 Å². The van der Waals surface area contributed by atoms with E-state index in [0.29, 0.717) is 16.8 Å². The van der Waals surface area contributed by atoms with Crippen molar-refractivity contribution in [2.24, 2.45) is 15.3 Å². The second-order valence-electron chi connectivity index (χ2n) is 6.62. The maximum atomic E-state index is 12.5. The fourth-order valence-electron chi connectivity index (χ4n) is 2.97. The Kier molecular flexibility index (Phi) is 6.39. The number of amides is 1. The number of phenols is 1. The monoisotopic (exact) mass is 424 g/mol. The van der Waals surface area contributed by atoms with Gasteiger partial charge in [0.1, 0.15) is 12.2 Å². The normalized spacial score (nSPS) is 15.9. The molecule has 2 N–H and O–H groups in total. The summed E-state index contributed by atoms with van der Waals surface area (Å²) in [5.41, 5.74) is 1.39. The Morgan fingerprint density at radius 2 is 1.97 bits per heavy atom. The van der Waals surface area contributed by atoms with Crippen LogP contribution in [-0.2, 0) is 14.3 Å². The number of aromatic carboxylic acids is 1. The lowest BCUT2D eigenvalue weighted by Gasteiger charge is -2.11. The van der Waals surface area contributed by atoms with E-state index in [9.17, 15) is 19.5 Å². The lowest BCUT2D eigenvalue weighted by molar-refractivity contribution is -0.148. The number of aromatic hydroxyl groups is 1. The lowest BCUT2D eigenvalue weighted by Crippen LogP contribution is -2.34. The number of para-hydroxylation sites is 1. The summed E-state index contributed by atoms with van der Waals surface area (Å²) in [6.07, 6.45) is 0. The molecule has 1 heterocycles. The molecule has 0 aromatic heterocycles. The van der Waals surface area contributed by atoms with Crippen molar-refractivity contribution in [1.29, 1.82) is 0 Å². The van der Waals surface area contributed by atoms with Gasteiger partial charge in [-0.25, -0.2) is 9.80 Å². The number of ether oxygens (including phenoxy) is 1. The molecule has 1 aliphatic heterocycles. The Bertz CT molecular complexity index is 1100. The van der Waals surface area contributed by atoms with Gasteiger partial charge in [0.15, 0.2) is 11.8 Å². The van der Waals surface area contributed by atoms with Crippen molar-refractivity contribution in [2.75, 3.05) is 13.2 Å². The number of hydrogen-bond donors (Lipinski definition) is 2. The molecule has 0 saturated heterocycles. The van der Waals surface area contributed by atoms with Crippen molar-refractivity contribution >= 4 is 29.2 Å². The van der Waals surface area contributed by atoms with Crippen molar-refractivity contribution in [3.63, 3.8) is 0 Å². The summed E-state index contributed by atoms with van der Waals surface area (Å²) in [6.45, 7) is 3.11. The number of carboxylic acids is 1. The van der Waals surface area contributed by atoms with Crippen LogP contribution in [0.5, 0.6) is 5.75 Å². The van der Waals surface area contributed by atoms with Crippen molar-refractivity contribution in [1.82, 2.24) is 5.01 Å². The fourth-order valence-corrected chi connectivity index (χ4v) is 2.97. The molecule has 3 rings (SSSR count). The van der Waals surface area contributed by atoms with Crippen LogP contribution in [0, 0.1) is 0 Å². The zero-order valence-corrected chi connectivity index (χ0v) is 16.8. The van der Waals surface area contributed by atoms with Gasteiger partial charge in [-0.05, 0) is 37.6 Å². The topological polar surface area (TPSA) is 141 Å². The number of carbonyl (C=O) groups excluding carboxylic acids is 2. The molecule has 2 aromatic carbocycles. The molecule has 1 atom stereocenters. The summed E-state index contributed by atoms with van der Waals surface area (Å²) in [5, 5.41) is 32.8. The van der Waals surface area contributed by atoms with Gasteiger partial charge >= 0.3 is 11.9 Å². The molecule has 0 aliphatic carbocycles. The predicted molar refractivity (Wildman–Crippen MR) is 110 cm³/mol. The number of carboxylic acid groups (broad SMARTS) is 1. The maximum absolute atomic E-state index is 12.5. The van der Waals surface area contributed by atoms with Gasteiger partial charge in [-0.3, -0.25) is 9.59 Å². The minimum Gasteiger partial charge on any atom is -0.505 e. The van der Waals surface area contributed by atoms with E-state index in [-0.39, 0.29) is 30.2 Å². The van der Waals surface area contributed by atoms with E-state index >= 15 is 0 Å². The first-order valence-electron chi connectivity index (χ1n) is 9.40. The number of phenolic OH excluding ortho intramolecular Hbond substituents is 1. The zero-order chi connectivity index (χ0) is 22.5. The van der Waals surface area contributed by atoms with E-state index in [4.69, 9.17) is 9.84 Å². The molecule has 31 heavy (non-hydrogen) atoms. The molecule has 0 bridgehead atoms. The van der Waals surface area contributed by atoms with Crippen molar-refractivity contribution < 1.29 is 29.3 Å². The van der Waals surface area contributed by atoms with Crippen LogP contribution >= 0.6 is 0 Å². The first-order chi connectivity index (χ1) is 14.8. The fraction of sp³-hybridized carbons (Fsp3) is 0.238. The summed E-state index contributed by atoms with van der Waals surface area (Å²) >= 11 is 0. The first kappa shape index (κ1) is 21.6. The quantitative estimate of drug-likeness (QED) is 0.517. The highest BCUT2D eigenvalue weighted by molar-refractivity contribution is 6.11. The number of azo groups is 1. The summed E-state index contributed by atoms with van der Waals surface area (Å²) in [4.78, 5) is 35.3. The number of esters is 1.